The molecular formula is C17H14Cl3NO. The lowest BCUT2D eigenvalue weighted by Crippen LogP contribution is -2.32. The van der Waals surface area contributed by atoms with Gasteiger partial charge in [0.05, 0.1) is 0 Å². The summed E-state index contributed by atoms with van der Waals surface area (Å²) < 4.78 is -1.09. The van der Waals surface area contributed by atoms with Crippen LogP contribution in [0.25, 0.3) is 0 Å². The van der Waals surface area contributed by atoms with Gasteiger partial charge in [-0.1, -0.05) is 48.0 Å². The molecule has 1 aliphatic carbocycles. The first kappa shape index (κ1) is 15.7. The average molecular weight is 355 g/mol. The van der Waals surface area contributed by atoms with E-state index in [-0.39, 0.29) is 5.91 Å². The van der Waals surface area contributed by atoms with E-state index in [0.717, 1.165) is 11.1 Å². The van der Waals surface area contributed by atoms with Crippen molar-refractivity contribution in [2.24, 2.45) is 0 Å². The molecule has 22 heavy (non-hydrogen) atoms. The molecule has 1 atom stereocenters. The second kappa shape index (κ2) is 5.45. The molecule has 1 saturated carbocycles. The molecule has 0 aromatic heterocycles. The van der Waals surface area contributed by atoms with Crippen LogP contribution >= 0.6 is 34.8 Å². The van der Waals surface area contributed by atoms with E-state index in [1.54, 1.807) is 12.1 Å². The van der Waals surface area contributed by atoms with Gasteiger partial charge in [-0.3, -0.25) is 4.79 Å². The third kappa shape index (κ3) is 2.40. The van der Waals surface area contributed by atoms with E-state index in [9.17, 15) is 4.79 Å². The Bertz CT molecular complexity index is 730. The molecule has 0 bridgehead atoms. The Morgan fingerprint density at radius 1 is 1.09 bits per heavy atom. The van der Waals surface area contributed by atoms with E-state index in [1.165, 1.54) is 0 Å². The van der Waals surface area contributed by atoms with Gasteiger partial charge in [0, 0.05) is 17.1 Å². The highest BCUT2D eigenvalue weighted by molar-refractivity contribution is 6.54. The molecule has 0 heterocycles. The lowest BCUT2D eigenvalue weighted by molar-refractivity contribution is -0.118. The number of hydrogen-bond acceptors (Lipinski definition) is 1. The van der Waals surface area contributed by atoms with Gasteiger partial charge < -0.3 is 5.32 Å². The van der Waals surface area contributed by atoms with Crippen LogP contribution < -0.4 is 5.32 Å². The molecule has 2 nitrogen and oxygen atoms in total. The molecule has 5 heteroatoms. The Morgan fingerprint density at radius 3 is 2.32 bits per heavy atom. The van der Waals surface area contributed by atoms with Crippen molar-refractivity contribution >= 4 is 46.4 Å². The highest BCUT2D eigenvalue weighted by Gasteiger charge is 2.72. The number of benzene rings is 2. The van der Waals surface area contributed by atoms with Crippen molar-refractivity contribution in [2.45, 2.75) is 23.1 Å². The molecule has 1 amide bonds. The Balaban J connectivity index is 1.95. The summed E-state index contributed by atoms with van der Waals surface area (Å²) in [4.78, 5) is 12.9. The van der Waals surface area contributed by atoms with Gasteiger partial charge in [-0.25, -0.2) is 0 Å². The third-order valence-electron chi connectivity index (χ3n) is 4.16. The summed E-state index contributed by atoms with van der Waals surface area (Å²) in [6, 6.07) is 14.8. The van der Waals surface area contributed by atoms with E-state index in [1.807, 2.05) is 43.3 Å². The first-order chi connectivity index (χ1) is 10.4. The van der Waals surface area contributed by atoms with Gasteiger partial charge in [-0.05, 0) is 30.2 Å². The summed E-state index contributed by atoms with van der Waals surface area (Å²) in [5.41, 5.74) is 1.38. The predicted molar refractivity (Wildman–Crippen MR) is 92.0 cm³/mol. The van der Waals surface area contributed by atoms with Crippen molar-refractivity contribution < 1.29 is 4.79 Å². The van der Waals surface area contributed by atoms with Crippen LogP contribution in [0.2, 0.25) is 5.02 Å². The molecule has 114 valence electrons. The number of halogens is 3. The monoisotopic (exact) mass is 353 g/mol. The summed E-state index contributed by atoms with van der Waals surface area (Å²) in [7, 11) is 0. The normalized spacial score (nSPS) is 22.2. The fourth-order valence-corrected chi connectivity index (χ4v) is 3.64. The first-order valence-electron chi connectivity index (χ1n) is 6.88. The van der Waals surface area contributed by atoms with Crippen molar-refractivity contribution in [3.05, 3.63) is 64.7 Å². The summed E-state index contributed by atoms with van der Waals surface area (Å²) in [6.45, 7) is 1.86. The van der Waals surface area contributed by atoms with Gasteiger partial charge in [-0.15, -0.1) is 23.2 Å². The summed E-state index contributed by atoms with van der Waals surface area (Å²) in [6.07, 6.45) is 0.387. The minimum Gasteiger partial charge on any atom is -0.325 e. The molecule has 0 radical (unpaired) electrons. The van der Waals surface area contributed by atoms with E-state index in [4.69, 9.17) is 34.8 Å². The second-order valence-corrected chi connectivity index (χ2v) is 7.41. The maximum absolute atomic E-state index is 12.9. The van der Waals surface area contributed by atoms with Crippen LogP contribution in [0.5, 0.6) is 0 Å². The zero-order valence-corrected chi connectivity index (χ0v) is 14.1. The topological polar surface area (TPSA) is 29.1 Å². The van der Waals surface area contributed by atoms with E-state index in [0.29, 0.717) is 17.1 Å². The largest absolute Gasteiger partial charge is 0.325 e. The fraction of sp³-hybridized carbons (Fsp3) is 0.235. The number of carbonyl (C=O) groups excluding carboxylic acids is 1. The van der Waals surface area contributed by atoms with Crippen LogP contribution in [-0.4, -0.2) is 10.2 Å². The van der Waals surface area contributed by atoms with Crippen molar-refractivity contribution in [1.82, 2.24) is 0 Å². The van der Waals surface area contributed by atoms with Crippen LogP contribution in [0.3, 0.4) is 0 Å². The van der Waals surface area contributed by atoms with Crippen molar-refractivity contribution in [3.63, 3.8) is 0 Å². The maximum atomic E-state index is 12.9. The molecule has 0 spiro atoms. The van der Waals surface area contributed by atoms with Crippen LogP contribution in [-0.2, 0) is 10.2 Å². The van der Waals surface area contributed by atoms with Crippen molar-refractivity contribution in [2.75, 3.05) is 5.32 Å². The number of nitrogens with one attached hydrogen (secondary N) is 1. The number of rotatable bonds is 3. The molecule has 1 fully saturated rings. The molecule has 1 aliphatic rings. The van der Waals surface area contributed by atoms with Gasteiger partial charge in [0.25, 0.3) is 0 Å². The maximum Gasteiger partial charge on any atom is 0.238 e. The van der Waals surface area contributed by atoms with E-state index >= 15 is 0 Å². The van der Waals surface area contributed by atoms with E-state index in [2.05, 4.69) is 5.32 Å². The van der Waals surface area contributed by atoms with Gasteiger partial charge in [0.15, 0.2) is 0 Å². The number of anilines is 1. The summed E-state index contributed by atoms with van der Waals surface area (Å²) in [5, 5.41) is 3.52. The standard InChI is InChI=1S/C17H14Cl3NO/c1-11-13(18)8-5-9-14(11)21-15(22)16(10-17(16,19)20)12-6-3-2-4-7-12/h2-9H,10H2,1H3,(H,21,22). The summed E-state index contributed by atoms with van der Waals surface area (Å²) >= 11 is 18.7. The van der Waals surface area contributed by atoms with Gasteiger partial charge in [0.2, 0.25) is 5.91 Å². The Hall–Kier alpha value is -1.22. The quantitative estimate of drug-likeness (QED) is 0.763. The molecule has 3 rings (SSSR count). The molecule has 0 aliphatic heterocycles. The van der Waals surface area contributed by atoms with Crippen LogP contribution in [0.1, 0.15) is 17.5 Å². The van der Waals surface area contributed by atoms with E-state index < -0.39 is 9.75 Å². The molecular weight excluding hydrogens is 341 g/mol. The summed E-state index contributed by atoms with van der Waals surface area (Å²) in [5.74, 6) is -0.214. The fourth-order valence-electron chi connectivity index (χ4n) is 2.67. The highest BCUT2D eigenvalue weighted by Crippen LogP contribution is 2.65. The first-order valence-corrected chi connectivity index (χ1v) is 8.02. The number of alkyl halides is 2. The van der Waals surface area contributed by atoms with Crippen molar-refractivity contribution in [3.8, 4) is 0 Å². The lowest BCUT2D eigenvalue weighted by atomic mass is 9.94. The molecule has 2 aromatic rings. The Labute approximate surface area is 144 Å². The smallest absolute Gasteiger partial charge is 0.238 e. The minimum absolute atomic E-state index is 0.214. The molecule has 2 aromatic carbocycles. The van der Waals surface area contributed by atoms with Crippen LogP contribution in [0.15, 0.2) is 48.5 Å². The minimum atomic E-state index is -1.09. The Morgan fingerprint density at radius 2 is 1.73 bits per heavy atom. The number of hydrogen-bond donors (Lipinski definition) is 1. The lowest BCUT2D eigenvalue weighted by Gasteiger charge is -2.19. The van der Waals surface area contributed by atoms with Crippen molar-refractivity contribution in [1.29, 1.82) is 0 Å². The zero-order valence-electron chi connectivity index (χ0n) is 11.9. The average Bonchev–Trinajstić information content (AvgIpc) is 3.09. The highest BCUT2D eigenvalue weighted by atomic mass is 35.5. The predicted octanol–water partition coefficient (Wildman–Crippen LogP) is 5.10. The van der Waals surface area contributed by atoms with Gasteiger partial charge >= 0.3 is 0 Å². The van der Waals surface area contributed by atoms with Crippen LogP contribution in [0.4, 0.5) is 5.69 Å². The third-order valence-corrected chi connectivity index (χ3v) is 5.48. The Kier molecular flexibility index (Phi) is 3.88. The van der Waals surface area contributed by atoms with Gasteiger partial charge in [0.1, 0.15) is 9.75 Å². The number of carbonyl (C=O) groups is 1. The molecule has 0 saturated heterocycles. The zero-order chi connectivity index (χ0) is 16.0. The molecule has 1 unspecified atom stereocenters. The van der Waals surface area contributed by atoms with Gasteiger partial charge in [-0.2, -0.15) is 0 Å². The SMILES string of the molecule is Cc1c(Cl)cccc1NC(=O)C1(c2ccccc2)CC1(Cl)Cl. The second-order valence-electron chi connectivity index (χ2n) is 5.52. The van der Waals surface area contributed by atoms with Crippen LogP contribution in [0, 0.1) is 6.92 Å². The molecule has 1 N–H and O–H groups in total. The number of amides is 1.